The zero-order valence-electron chi connectivity index (χ0n) is 55.8. The molecule has 18 unspecified atom stereocenters. The zero-order valence-corrected chi connectivity index (χ0v) is 55.8. The number of hydrogen-bond donors (Lipinski definition) is 20. The summed E-state index contributed by atoms with van der Waals surface area (Å²) in [6.07, 6.45) is -32.3. The molecule has 102 heavy (non-hydrogen) atoms. The molecule has 0 radical (unpaired) electrons. The van der Waals surface area contributed by atoms with Crippen LogP contribution >= 0.6 is 0 Å². The van der Waals surface area contributed by atoms with Crippen LogP contribution in [0, 0.1) is 5.92 Å². The maximum atomic E-state index is 13.2. The Kier molecular flexibility index (Phi) is 28.0. The van der Waals surface area contributed by atoms with Crippen LogP contribution in [0.5, 0.6) is 0 Å². The van der Waals surface area contributed by atoms with Crippen LogP contribution in [0.15, 0.2) is 60.7 Å². The maximum absolute atomic E-state index is 13.2. The molecule has 576 valence electrons. The molecular formula is C64H102N10O28. The second-order valence-corrected chi connectivity index (χ2v) is 27.1. The summed E-state index contributed by atoms with van der Waals surface area (Å²) in [4.78, 5) is 52.3. The number of alkyl carbamates (subject to hydrolysis) is 2. The Morgan fingerprint density at radius 3 is 1.68 bits per heavy atom. The third kappa shape index (κ3) is 18.0. The van der Waals surface area contributed by atoms with E-state index in [4.69, 9.17) is 90.2 Å². The molecule has 9 aliphatic rings. The summed E-state index contributed by atoms with van der Waals surface area (Å²) in [6.45, 7) is 1.93. The second kappa shape index (κ2) is 35.4. The lowest BCUT2D eigenvalue weighted by molar-refractivity contribution is -0.375. The summed E-state index contributed by atoms with van der Waals surface area (Å²) in [5, 5.41) is 128. The maximum Gasteiger partial charge on any atom is 0.410 e. The predicted octanol–water partition coefficient (Wildman–Crippen LogP) is -7.64. The van der Waals surface area contributed by atoms with Crippen molar-refractivity contribution in [2.75, 3.05) is 27.3 Å². The van der Waals surface area contributed by atoms with Gasteiger partial charge in [0.15, 0.2) is 43.8 Å². The number of fused-ring (bicyclic) bond motifs is 4. The van der Waals surface area contributed by atoms with E-state index in [9.17, 15) is 75.3 Å². The summed E-state index contributed by atoms with van der Waals surface area (Å²) in [7, 11) is 2.99. The highest BCUT2D eigenvalue weighted by Crippen LogP contribution is 2.43. The van der Waals surface area contributed by atoms with E-state index in [2.05, 4.69) is 21.3 Å². The van der Waals surface area contributed by atoms with E-state index in [1.165, 1.54) is 25.9 Å². The van der Waals surface area contributed by atoms with Crippen LogP contribution in [0.3, 0.4) is 0 Å². The number of nitrogens with one attached hydrogen (secondary N) is 4. The highest BCUT2D eigenvalue weighted by Gasteiger charge is 2.62. The van der Waals surface area contributed by atoms with Crippen LogP contribution in [0.1, 0.15) is 58.1 Å². The van der Waals surface area contributed by atoms with E-state index in [1.54, 1.807) is 55.5 Å². The van der Waals surface area contributed by atoms with Gasteiger partial charge in [0.25, 0.3) is 0 Å². The van der Waals surface area contributed by atoms with Crippen LogP contribution < -0.4 is 49.9 Å². The molecule has 38 heteroatoms. The molecule has 2 saturated carbocycles. The number of nitrogens with two attached hydrogens (primary N) is 5. The minimum absolute atomic E-state index is 0. The van der Waals surface area contributed by atoms with E-state index in [0.29, 0.717) is 0 Å². The lowest BCUT2D eigenvalue weighted by Gasteiger charge is -2.51. The molecule has 7 aliphatic heterocycles. The number of benzene rings is 2. The second-order valence-electron chi connectivity index (χ2n) is 27.1. The highest BCUT2D eigenvalue weighted by molar-refractivity contribution is 5.81. The molecule has 0 aromatic heterocycles. The molecule has 38 nitrogen and oxygen atoms in total. The van der Waals surface area contributed by atoms with Gasteiger partial charge in [0.05, 0.1) is 73.8 Å². The quantitative estimate of drug-likeness (QED) is 0.0581. The number of aliphatic hydroxyl groups excluding tert-OH is 11. The SMILES string of the molecule is C.CC1C[C@@H]2OC(O[C@H]3OC(CO)[C@@H](N)[C@H](O)C3O)C3C(OC(=O)N3C)C2O[C@@H]1O[C@@H]1C(NC(=O)OCc2ccccc2)C[C@@H](NC(=O)OCc2ccccc2)C(O)[C@H]1O.CNC1C(O[C@H]2OC(CO)[C@@H](NC(=O)[C@H](C)N)[C@H](O)C2O)O[C@H]2CC(N)[C@@H](O[C@@H]3C(N)C[C@@H](N)C(O)[C@H]3O)OC2C1O. The number of likely N-dealkylation sites (N-methyl/N-ethyl adjacent to an activating group) is 2. The number of carbonyl (C=O) groups excluding carboxylic acids is 4. The molecule has 9 fully saturated rings. The van der Waals surface area contributed by atoms with Crippen LogP contribution in [-0.2, 0) is 79.6 Å². The van der Waals surface area contributed by atoms with Gasteiger partial charge in [-0.2, -0.15) is 0 Å². The van der Waals surface area contributed by atoms with Crippen molar-refractivity contribution in [3.63, 3.8) is 0 Å². The fourth-order valence-electron chi connectivity index (χ4n) is 14.1. The third-order valence-electron chi connectivity index (χ3n) is 19.9. The summed E-state index contributed by atoms with van der Waals surface area (Å²) < 4.78 is 76.9. The summed E-state index contributed by atoms with van der Waals surface area (Å²) >= 11 is 0. The lowest BCUT2D eigenvalue weighted by atomic mass is 9.83. The zero-order chi connectivity index (χ0) is 73.0. The minimum atomic E-state index is -1.68. The van der Waals surface area contributed by atoms with Crippen molar-refractivity contribution in [1.82, 2.24) is 26.2 Å². The smallest absolute Gasteiger partial charge is 0.410 e. The topological polar surface area (TPSA) is 592 Å². The van der Waals surface area contributed by atoms with E-state index < -0.39 is 251 Å². The van der Waals surface area contributed by atoms with E-state index >= 15 is 0 Å². The van der Waals surface area contributed by atoms with Gasteiger partial charge in [-0.25, -0.2) is 14.4 Å². The van der Waals surface area contributed by atoms with Crippen LogP contribution in [-0.4, -0.2) is 321 Å². The number of carbonyl (C=O) groups is 4. The van der Waals surface area contributed by atoms with Gasteiger partial charge in [-0.05, 0) is 50.8 Å². The number of hydrogen-bond acceptors (Lipinski definition) is 34. The van der Waals surface area contributed by atoms with Crippen molar-refractivity contribution in [3.8, 4) is 0 Å². The van der Waals surface area contributed by atoms with Crippen LogP contribution in [0.25, 0.3) is 0 Å². The number of amides is 4. The molecule has 2 aromatic carbocycles. The van der Waals surface area contributed by atoms with Gasteiger partial charge in [-0.15, -0.1) is 0 Å². The van der Waals surface area contributed by atoms with Crippen LogP contribution in [0.4, 0.5) is 14.4 Å². The lowest BCUT2D eigenvalue weighted by Crippen LogP contribution is -2.70. The first-order valence-electron chi connectivity index (χ1n) is 33.6. The first-order chi connectivity index (χ1) is 48.1. The number of aliphatic hydroxyl groups is 11. The van der Waals surface area contributed by atoms with Crippen LogP contribution in [0.2, 0.25) is 0 Å². The highest BCUT2D eigenvalue weighted by atomic mass is 16.8. The Labute approximate surface area is 587 Å². The van der Waals surface area contributed by atoms with Gasteiger partial charge in [0.2, 0.25) is 5.91 Å². The van der Waals surface area contributed by atoms with Crippen molar-refractivity contribution in [1.29, 1.82) is 0 Å². The van der Waals surface area contributed by atoms with Crippen molar-refractivity contribution in [2.45, 2.75) is 268 Å². The first kappa shape index (κ1) is 80.7. The molecule has 0 bridgehead atoms. The largest absolute Gasteiger partial charge is 0.445 e. The Morgan fingerprint density at radius 1 is 0.539 bits per heavy atom. The number of rotatable bonds is 19. The minimum Gasteiger partial charge on any atom is -0.445 e. The Morgan fingerprint density at radius 2 is 1.08 bits per heavy atom. The molecule has 7 saturated heterocycles. The monoisotopic (exact) mass is 1460 g/mol. The molecule has 2 aromatic rings. The van der Waals surface area contributed by atoms with Gasteiger partial charge < -0.3 is 168 Å². The van der Waals surface area contributed by atoms with Crippen molar-refractivity contribution >= 4 is 24.2 Å². The van der Waals surface area contributed by atoms with Gasteiger partial charge in [-0.1, -0.05) is 75.0 Å². The molecule has 25 N–H and O–H groups in total. The summed E-state index contributed by atoms with van der Waals surface area (Å²) in [5.41, 5.74) is 31.2. The normalized spacial score (nSPS) is 43.5. The van der Waals surface area contributed by atoms with Gasteiger partial charge in [0, 0.05) is 25.0 Å². The Hall–Kier alpha value is -5.36. The summed E-state index contributed by atoms with van der Waals surface area (Å²) in [6, 6.07) is 8.52. The molecule has 35 atom stereocenters. The summed E-state index contributed by atoms with van der Waals surface area (Å²) in [5.74, 6) is -1.10. The third-order valence-corrected chi connectivity index (χ3v) is 19.9. The van der Waals surface area contributed by atoms with Gasteiger partial charge in [0.1, 0.15) is 105 Å². The van der Waals surface area contributed by atoms with Crippen molar-refractivity contribution in [3.05, 3.63) is 71.8 Å². The van der Waals surface area contributed by atoms with E-state index in [1.807, 2.05) is 12.1 Å². The van der Waals surface area contributed by atoms with Gasteiger partial charge >= 0.3 is 18.3 Å². The molecular weight excluding hydrogens is 1360 g/mol. The van der Waals surface area contributed by atoms with E-state index in [-0.39, 0.29) is 46.3 Å². The van der Waals surface area contributed by atoms with Gasteiger partial charge in [-0.3, -0.25) is 9.69 Å². The van der Waals surface area contributed by atoms with E-state index in [0.717, 1.165) is 11.1 Å². The molecule has 2 aliphatic carbocycles. The average Bonchev–Trinajstić information content (AvgIpc) is 1.48. The predicted molar refractivity (Wildman–Crippen MR) is 346 cm³/mol. The standard InChI is InChI=1S/C39H52N4O16.C24H46N6O12.CH4/c1-18-13-23-32(33-26(43(2)39(51)58-33)35(54-23)59-36-30(48)28(46)25(40)24(15-44)55-36)57-34(18)56-31-22(42-38(50)53-17-20-11-7-4-8-12-20)14-21(27(45)29(31)47)41-37(49)52-16-19-9-5-3-6-10-19;1-6(25)21(37)30-12-11(5-31)39-24(18(36)15(12)33)42-23-13(29-2)16(34)20-10(38-23)4-9(28)22(41-20)40-19-8(27)3-7(26)14(32)17(19)35;/h3-12,18,21-36,44-48H,13-17,40H2,1-2H3,(H,41,49)(H,42,50);6-20,22-24,29,31-36H,3-5,25-28H2,1-2H3,(H,30,37);1H4/t18?,21-,22?,23+,24?,25-,26?,27?,28+,29-,30?,31-,32?,33?,34+,35?,36-;6-,7+,8?,9?,10-,11?,12+,13?,14?,15-,16?,17+,18?,19+,20?,22-,23?,24+;/m10./s1. The Balaban J connectivity index is 0.000000249. The van der Waals surface area contributed by atoms with Crippen molar-refractivity contribution < 1.29 is 137 Å². The molecule has 11 rings (SSSR count). The van der Waals surface area contributed by atoms with Crippen molar-refractivity contribution in [2.24, 2.45) is 34.6 Å². The molecule has 4 amide bonds. The Bertz CT molecular complexity index is 3010. The molecule has 7 heterocycles. The number of nitrogens with zero attached hydrogens (tertiary/aromatic N) is 1. The fourth-order valence-corrected chi connectivity index (χ4v) is 14.1. The average molecular weight is 1460 g/mol. The molecule has 0 spiro atoms. The number of ether oxygens (including phenoxy) is 13. The first-order valence-corrected chi connectivity index (χ1v) is 33.6. The fraction of sp³-hybridized carbons (Fsp3) is 0.750.